The van der Waals surface area contributed by atoms with Gasteiger partial charge >= 0.3 is 0 Å². The van der Waals surface area contributed by atoms with E-state index in [0.717, 1.165) is 23.2 Å². The maximum absolute atomic E-state index is 14.1. The molecule has 0 spiro atoms. The first-order valence-electron chi connectivity index (χ1n) is 10.9. The fourth-order valence-electron chi connectivity index (χ4n) is 4.29. The lowest BCUT2D eigenvalue weighted by Gasteiger charge is -2.29. The number of hydrogen-bond acceptors (Lipinski definition) is 2. The van der Waals surface area contributed by atoms with Crippen molar-refractivity contribution >= 4 is 26.3 Å². The minimum atomic E-state index is -0.404. The van der Waals surface area contributed by atoms with Gasteiger partial charge in [-0.05, 0) is 84.4 Å². The van der Waals surface area contributed by atoms with Crippen molar-refractivity contribution in [1.29, 1.82) is 5.26 Å². The molecule has 2 aromatic rings. The SMILES string of the molecule is CCCCCC1CCC(c2ccc(C#Cc3cc(F)c(SC#N)c(P)c3)cc2)CC1. The van der Waals surface area contributed by atoms with Crippen molar-refractivity contribution in [1.82, 2.24) is 0 Å². The monoisotopic (exact) mass is 437 g/mol. The summed E-state index contributed by atoms with van der Waals surface area (Å²) in [6, 6.07) is 11.8. The molecule has 0 N–H and O–H groups in total. The highest BCUT2D eigenvalue weighted by Crippen LogP contribution is 2.37. The molecule has 0 heterocycles. The van der Waals surface area contributed by atoms with Crippen LogP contribution in [0.4, 0.5) is 4.39 Å². The van der Waals surface area contributed by atoms with E-state index in [4.69, 9.17) is 5.26 Å². The quantitative estimate of drug-likeness (QED) is 0.157. The Bertz CT molecular complexity index is 921. The molecule has 1 saturated carbocycles. The highest BCUT2D eigenvalue weighted by molar-refractivity contribution is 8.04. The van der Waals surface area contributed by atoms with Gasteiger partial charge < -0.3 is 0 Å². The molecular formula is C26H29FNPS. The van der Waals surface area contributed by atoms with Gasteiger partial charge in [0.1, 0.15) is 11.2 Å². The topological polar surface area (TPSA) is 23.8 Å². The zero-order chi connectivity index (χ0) is 21.3. The summed E-state index contributed by atoms with van der Waals surface area (Å²) in [7, 11) is 2.48. The molecule has 2 aromatic carbocycles. The number of unbranched alkanes of at least 4 members (excludes halogenated alkanes) is 2. The molecule has 1 atom stereocenters. The van der Waals surface area contributed by atoms with E-state index in [1.54, 1.807) is 6.07 Å². The summed E-state index contributed by atoms with van der Waals surface area (Å²) < 4.78 is 14.1. The van der Waals surface area contributed by atoms with E-state index >= 15 is 0 Å². The standard InChI is InChI=1S/C26H29FNPS/c1-2-3-4-5-19-8-12-22(13-9-19)23-14-10-20(11-15-23)6-7-21-16-24(27)26(30-18-28)25(29)17-21/h10-11,14-17,19,22H,2-5,8-9,12-13,29H2,1H3. The number of hydrogen-bond donors (Lipinski definition) is 0. The third-order valence-electron chi connectivity index (χ3n) is 6.02. The van der Waals surface area contributed by atoms with Crippen LogP contribution in [0.1, 0.15) is 80.9 Å². The molecule has 4 heteroatoms. The van der Waals surface area contributed by atoms with Crippen LogP contribution in [0.3, 0.4) is 0 Å². The summed E-state index contributed by atoms with van der Waals surface area (Å²) in [5, 5.41) is 11.3. The number of halogens is 1. The molecule has 0 aliphatic heterocycles. The molecule has 1 unspecified atom stereocenters. The van der Waals surface area contributed by atoms with E-state index in [-0.39, 0.29) is 0 Å². The van der Waals surface area contributed by atoms with Crippen molar-refractivity contribution in [3.8, 4) is 17.2 Å². The van der Waals surface area contributed by atoms with Gasteiger partial charge in [0.25, 0.3) is 0 Å². The van der Waals surface area contributed by atoms with E-state index < -0.39 is 5.82 Å². The average Bonchev–Trinajstić information content (AvgIpc) is 2.76. The van der Waals surface area contributed by atoms with Gasteiger partial charge in [-0.3, -0.25) is 0 Å². The molecule has 0 aromatic heterocycles. The predicted molar refractivity (Wildman–Crippen MR) is 128 cm³/mol. The molecule has 1 fully saturated rings. The molecule has 1 aliphatic carbocycles. The lowest BCUT2D eigenvalue weighted by atomic mass is 9.77. The maximum Gasteiger partial charge on any atom is 0.139 e. The number of benzene rings is 2. The molecule has 30 heavy (non-hydrogen) atoms. The molecule has 0 saturated heterocycles. The second kappa shape index (κ2) is 11.6. The Balaban J connectivity index is 1.59. The molecule has 0 radical (unpaired) electrons. The van der Waals surface area contributed by atoms with Crippen LogP contribution in [0.2, 0.25) is 0 Å². The van der Waals surface area contributed by atoms with Crippen LogP contribution in [-0.4, -0.2) is 0 Å². The van der Waals surface area contributed by atoms with Crippen LogP contribution >= 0.6 is 21.0 Å². The van der Waals surface area contributed by atoms with Gasteiger partial charge in [0.2, 0.25) is 0 Å². The Hall–Kier alpha value is -1.80. The summed E-state index contributed by atoms with van der Waals surface area (Å²) in [6.45, 7) is 2.27. The van der Waals surface area contributed by atoms with E-state index in [1.165, 1.54) is 63.0 Å². The van der Waals surface area contributed by atoms with Crippen LogP contribution in [0, 0.1) is 34.2 Å². The Kier molecular flexibility index (Phi) is 8.81. The van der Waals surface area contributed by atoms with E-state index in [2.05, 4.69) is 52.3 Å². The molecular weight excluding hydrogens is 408 g/mol. The average molecular weight is 438 g/mol. The minimum absolute atomic E-state index is 0.345. The highest BCUT2D eigenvalue weighted by Gasteiger charge is 2.21. The molecule has 1 nitrogen and oxygen atoms in total. The zero-order valence-corrected chi connectivity index (χ0v) is 19.6. The number of nitrogens with zero attached hydrogens (tertiary/aromatic N) is 1. The van der Waals surface area contributed by atoms with Gasteiger partial charge in [0.15, 0.2) is 0 Å². The van der Waals surface area contributed by atoms with Gasteiger partial charge in [-0.1, -0.05) is 56.6 Å². The normalized spacial score (nSPS) is 18.3. The first-order valence-corrected chi connectivity index (χ1v) is 12.3. The maximum atomic E-state index is 14.1. The second-order valence-corrected chi connectivity index (χ2v) is 9.57. The van der Waals surface area contributed by atoms with Crippen LogP contribution in [0.15, 0.2) is 41.3 Å². The van der Waals surface area contributed by atoms with Gasteiger partial charge in [0, 0.05) is 11.1 Å². The smallest absolute Gasteiger partial charge is 0.139 e. The minimum Gasteiger partial charge on any atom is -0.206 e. The fraction of sp³-hybridized carbons (Fsp3) is 0.423. The number of thiocyanates is 1. The molecule has 1 aliphatic rings. The first kappa shape index (κ1) is 22.9. The van der Waals surface area contributed by atoms with Gasteiger partial charge in [0.05, 0.1) is 4.90 Å². The van der Waals surface area contributed by atoms with Crippen molar-refractivity contribution in [2.45, 2.75) is 69.1 Å². The van der Waals surface area contributed by atoms with E-state index in [9.17, 15) is 4.39 Å². The van der Waals surface area contributed by atoms with Crippen molar-refractivity contribution in [3.63, 3.8) is 0 Å². The van der Waals surface area contributed by atoms with Gasteiger partial charge in [-0.25, -0.2) is 4.39 Å². The number of rotatable bonds is 6. The van der Waals surface area contributed by atoms with Crippen molar-refractivity contribution in [3.05, 3.63) is 58.9 Å². The lowest BCUT2D eigenvalue weighted by molar-refractivity contribution is 0.303. The Morgan fingerprint density at radius 3 is 2.37 bits per heavy atom. The van der Waals surface area contributed by atoms with Gasteiger partial charge in [-0.2, -0.15) is 5.26 Å². The van der Waals surface area contributed by atoms with Crippen LogP contribution < -0.4 is 5.30 Å². The highest BCUT2D eigenvalue weighted by atomic mass is 32.2. The Morgan fingerprint density at radius 2 is 1.73 bits per heavy atom. The third kappa shape index (κ3) is 6.35. The summed E-state index contributed by atoms with van der Waals surface area (Å²) in [6.07, 6.45) is 10.8. The Labute approximate surface area is 187 Å². The summed E-state index contributed by atoms with van der Waals surface area (Å²) >= 11 is 0.833. The zero-order valence-electron chi connectivity index (χ0n) is 17.6. The van der Waals surface area contributed by atoms with Crippen molar-refractivity contribution in [2.75, 3.05) is 0 Å². The molecule has 0 amide bonds. The van der Waals surface area contributed by atoms with Crippen molar-refractivity contribution < 1.29 is 4.39 Å². The van der Waals surface area contributed by atoms with Crippen molar-refractivity contribution in [2.24, 2.45) is 5.92 Å². The van der Waals surface area contributed by atoms with Crippen LogP contribution in [0.5, 0.6) is 0 Å². The summed E-state index contributed by atoms with van der Waals surface area (Å²) in [5.74, 6) is 7.38. The largest absolute Gasteiger partial charge is 0.206 e. The molecule has 156 valence electrons. The second-order valence-electron chi connectivity index (χ2n) is 8.16. The predicted octanol–water partition coefficient (Wildman–Crippen LogP) is 7.15. The van der Waals surface area contributed by atoms with E-state index in [0.29, 0.717) is 21.7 Å². The van der Waals surface area contributed by atoms with Crippen LogP contribution in [0.25, 0.3) is 0 Å². The first-order chi connectivity index (χ1) is 14.6. The number of thioether (sulfide) groups is 1. The summed E-state index contributed by atoms with van der Waals surface area (Å²) in [5.41, 5.74) is 2.97. The molecule has 0 bridgehead atoms. The van der Waals surface area contributed by atoms with Gasteiger partial charge in [-0.15, -0.1) is 9.24 Å². The lowest BCUT2D eigenvalue weighted by Crippen LogP contribution is -2.13. The fourth-order valence-corrected chi connectivity index (χ4v) is 5.21. The Morgan fingerprint density at radius 1 is 1.03 bits per heavy atom. The molecule has 3 rings (SSSR count). The third-order valence-corrected chi connectivity index (χ3v) is 7.41. The summed E-state index contributed by atoms with van der Waals surface area (Å²) in [4.78, 5) is 0.345. The van der Waals surface area contributed by atoms with E-state index in [1.807, 2.05) is 5.40 Å². The number of nitriles is 1. The van der Waals surface area contributed by atoms with Crippen LogP contribution in [-0.2, 0) is 0 Å².